The van der Waals surface area contributed by atoms with E-state index in [-0.39, 0.29) is 11.6 Å². The van der Waals surface area contributed by atoms with Crippen LogP contribution in [0.25, 0.3) is 17.3 Å². The molecular formula is C43H38N4O7S2. The minimum Gasteiger partial charge on any atom is -0.497 e. The molecule has 0 aliphatic carbocycles. The maximum Gasteiger partial charge on any atom is 0.272 e. The maximum absolute atomic E-state index is 13.8. The molecule has 0 spiro atoms. The van der Waals surface area contributed by atoms with Gasteiger partial charge in [-0.1, -0.05) is 48.5 Å². The topological polar surface area (TPSA) is 137 Å². The SMILES string of the molecule is COc1ccc(OC)c(/C=C(\NC(=O)c2ccccc2)C(=O)Nc2ccc(SC(C(=O)Nc3nc(-c4ccc(OC)c(OC)c4)cs3)c3ccccc3)cc2)c1. The minimum absolute atomic E-state index is 0.0128. The van der Waals surface area contributed by atoms with Crippen LogP contribution in [0.5, 0.6) is 23.0 Å². The van der Waals surface area contributed by atoms with Gasteiger partial charge in [0.1, 0.15) is 22.4 Å². The molecule has 6 rings (SSSR count). The van der Waals surface area contributed by atoms with Gasteiger partial charge in [0.2, 0.25) is 5.91 Å². The van der Waals surface area contributed by atoms with Crippen molar-refractivity contribution >= 4 is 57.7 Å². The monoisotopic (exact) mass is 786 g/mol. The quantitative estimate of drug-likeness (QED) is 0.0690. The van der Waals surface area contributed by atoms with Crippen molar-refractivity contribution in [3.63, 3.8) is 0 Å². The van der Waals surface area contributed by atoms with Gasteiger partial charge in [0.15, 0.2) is 16.6 Å². The van der Waals surface area contributed by atoms with Crippen molar-refractivity contribution in [2.45, 2.75) is 10.1 Å². The first kappa shape index (κ1) is 39.1. The van der Waals surface area contributed by atoms with Gasteiger partial charge in [-0.3, -0.25) is 14.4 Å². The summed E-state index contributed by atoms with van der Waals surface area (Å²) in [5, 5.41) is 10.3. The van der Waals surface area contributed by atoms with E-state index >= 15 is 0 Å². The number of ether oxygens (including phenoxy) is 4. The Labute approximate surface area is 332 Å². The van der Waals surface area contributed by atoms with Gasteiger partial charge >= 0.3 is 0 Å². The van der Waals surface area contributed by atoms with Crippen molar-refractivity contribution in [3.05, 3.63) is 149 Å². The first-order chi connectivity index (χ1) is 27.3. The molecule has 284 valence electrons. The summed E-state index contributed by atoms with van der Waals surface area (Å²) in [6, 6.07) is 35.9. The molecule has 0 aliphatic rings. The predicted octanol–water partition coefficient (Wildman–Crippen LogP) is 8.73. The number of nitrogens with zero attached hydrogens (tertiary/aromatic N) is 1. The lowest BCUT2D eigenvalue weighted by atomic mass is 10.1. The van der Waals surface area contributed by atoms with Crippen molar-refractivity contribution in [3.8, 4) is 34.3 Å². The van der Waals surface area contributed by atoms with Gasteiger partial charge < -0.3 is 34.9 Å². The van der Waals surface area contributed by atoms with Crippen LogP contribution >= 0.6 is 23.1 Å². The Morgan fingerprint density at radius 3 is 2.07 bits per heavy atom. The molecule has 0 saturated heterocycles. The number of hydrogen-bond donors (Lipinski definition) is 3. The van der Waals surface area contributed by atoms with Crippen molar-refractivity contribution in [1.82, 2.24) is 10.3 Å². The summed E-state index contributed by atoms with van der Waals surface area (Å²) in [6.45, 7) is 0. The number of hydrogen-bond acceptors (Lipinski definition) is 10. The number of carbonyl (C=O) groups excluding carboxylic acids is 3. The zero-order chi connectivity index (χ0) is 39.4. The van der Waals surface area contributed by atoms with Crippen molar-refractivity contribution < 1.29 is 33.3 Å². The number of amides is 3. The number of rotatable bonds is 15. The van der Waals surface area contributed by atoms with Crippen LogP contribution in [0.4, 0.5) is 10.8 Å². The van der Waals surface area contributed by atoms with Crippen LogP contribution in [0, 0.1) is 0 Å². The highest BCUT2D eigenvalue weighted by molar-refractivity contribution is 8.00. The highest BCUT2D eigenvalue weighted by Gasteiger charge is 2.24. The fourth-order valence-electron chi connectivity index (χ4n) is 5.53. The van der Waals surface area contributed by atoms with E-state index in [0.29, 0.717) is 50.6 Å². The third-order valence-electron chi connectivity index (χ3n) is 8.39. The van der Waals surface area contributed by atoms with Crippen LogP contribution in [-0.4, -0.2) is 51.1 Å². The van der Waals surface area contributed by atoms with E-state index in [1.165, 1.54) is 43.4 Å². The van der Waals surface area contributed by atoms with Crippen LogP contribution in [0.2, 0.25) is 0 Å². The summed E-state index contributed by atoms with van der Waals surface area (Å²) < 4.78 is 21.7. The summed E-state index contributed by atoms with van der Waals surface area (Å²) in [4.78, 5) is 46.2. The van der Waals surface area contributed by atoms with Gasteiger partial charge in [0.05, 0.1) is 34.1 Å². The third-order valence-corrected chi connectivity index (χ3v) is 10.4. The Morgan fingerprint density at radius 1 is 0.714 bits per heavy atom. The highest BCUT2D eigenvalue weighted by Crippen LogP contribution is 2.38. The van der Waals surface area contributed by atoms with E-state index in [9.17, 15) is 14.4 Å². The number of anilines is 2. The molecule has 5 aromatic carbocycles. The molecule has 0 fully saturated rings. The lowest BCUT2D eigenvalue weighted by molar-refractivity contribution is -0.116. The second-order valence-electron chi connectivity index (χ2n) is 12.0. The summed E-state index contributed by atoms with van der Waals surface area (Å²) in [5.74, 6) is 0.957. The molecule has 56 heavy (non-hydrogen) atoms. The van der Waals surface area contributed by atoms with Gasteiger partial charge in [-0.2, -0.15) is 0 Å². The number of thioether (sulfide) groups is 1. The molecule has 1 aromatic heterocycles. The van der Waals surface area contributed by atoms with E-state index in [0.717, 1.165) is 16.0 Å². The van der Waals surface area contributed by atoms with Gasteiger partial charge in [-0.15, -0.1) is 23.1 Å². The van der Waals surface area contributed by atoms with Crippen LogP contribution in [-0.2, 0) is 9.59 Å². The molecule has 0 saturated carbocycles. The van der Waals surface area contributed by atoms with E-state index in [4.69, 9.17) is 18.9 Å². The molecule has 1 heterocycles. The molecule has 1 atom stereocenters. The van der Waals surface area contributed by atoms with Gasteiger partial charge in [0.25, 0.3) is 11.8 Å². The fraction of sp³-hybridized carbons (Fsp3) is 0.116. The summed E-state index contributed by atoms with van der Waals surface area (Å²) >= 11 is 2.68. The normalized spacial score (nSPS) is 11.5. The molecule has 0 radical (unpaired) electrons. The van der Waals surface area contributed by atoms with E-state index in [2.05, 4.69) is 20.9 Å². The molecular weight excluding hydrogens is 749 g/mol. The average molecular weight is 787 g/mol. The zero-order valence-corrected chi connectivity index (χ0v) is 32.5. The number of methoxy groups -OCH3 is 4. The third kappa shape index (κ3) is 9.75. The van der Waals surface area contributed by atoms with Gasteiger partial charge in [-0.25, -0.2) is 4.98 Å². The molecule has 3 amide bonds. The Kier molecular flexibility index (Phi) is 13.0. The molecule has 0 bridgehead atoms. The van der Waals surface area contributed by atoms with Crippen molar-refractivity contribution in [2.75, 3.05) is 39.1 Å². The number of thiazole rings is 1. The first-order valence-electron chi connectivity index (χ1n) is 17.2. The first-order valence-corrected chi connectivity index (χ1v) is 19.0. The summed E-state index contributed by atoms with van der Waals surface area (Å²) in [6.07, 6.45) is 1.53. The standard InChI is InChI=1S/C43H38N4O7S2/c1-51-32-18-22-36(52-2)30(23-32)24-34(45-40(48)28-13-9-6-10-14-28)41(49)44-31-16-19-33(20-17-31)56-39(27-11-7-5-8-12-27)42(50)47-43-46-35(26-55-43)29-15-21-37(53-3)38(25-29)54-4/h5-26,39H,1-4H3,(H,44,49)(H,45,48)(H,46,47,50)/b34-24-. The Morgan fingerprint density at radius 2 is 1.39 bits per heavy atom. The van der Waals surface area contributed by atoms with Crippen LogP contribution in [0.3, 0.4) is 0 Å². The number of aromatic nitrogens is 1. The van der Waals surface area contributed by atoms with Gasteiger partial charge in [-0.05, 0) is 84.4 Å². The molecule has 6 aromatic rings. The van der Waals surface area contributed by atoms with E-state index in [1.54, 1.807) is 74.9 Å². The van der Waals surface area contributed by atoms with Crippen LogP contribution in [0.15, 0.2) is 137 Å². The van der Waals surface area contributed by atoms with E-state index in [1.807, 2.05) is 66.0 Å². The fourth-order valence-corrected chi connectivity index (χ4v) is 7.28. The van der Waals surface area contributed by atoms with Gasteiger partial charge in [0, 0.05) is 32.7 Å². The second kappa shape index (κ2) is 18.7. The predicted molar refractivity (Wildman–Crippen MR) is 221 cm³/mol. The lowest BCUT2D eigenvalue weighted by Gasteiger charge is -2.17. The molecule has 3 N–H and O–H groups in total. The number of nitrogens with one attached hydrogen (secondary N) is 3. The van der Waals surface area contributed by atoms with Crippen molar-refractivity contribution in [1.29, 1.82) is 0 Å². The Balaban J connectivity index is 1.19. The second-order valence-corrected chi connectivity index (χ2v) is 14.0. The molecule has 11 nitrogen and oxygen atoms in total. The lowest BCUT2D eigenvalue weighted by Crippen LogP contribution is -2.30. The number of benzene rings is 5. The minimum atomic E-state index is -0.620. The summed E-state index contributed by atoms with van der Waals surface area (Å²) in [7, 11) is 6.21. The van der Waals surface area contributed by atoms with E-state index < -0.39 is 17.1 Å². The largest absolute Gasteiger partial charge is 0.497 e. The summed E-state index contributed by atoms with van der Waals surface area (Å²) in [5.41, 5.74) is 3.69. The molecule has 1 unspecified atom stereocenters. The van der Waals surface area contributed by atoms with Crippen LogP contribution < -0.4 is 34.9 Å². The number of carbonyl (C=O) groups is 3. The highest BCUT2D eigenvalue weighted by atomic mass is 32.2. The maximum atomic E-state index is 13.8. The van der Waals surface area contributed by atoms with Crippen LogP contribution in [0.1, 0.15) is 26.7 Å². The zero-order valence-electron chi connectivity index (χ0n) is 30.9. The molecule has 0 aliphatic heterocycles. The molecule has 13 heteroatoms. The van der Waals surface area contributed by atoms with Crippen molar-refractivity contribution in [2.24, 2.45) is 0 Å². The Hall–Kier alpha value is -6.57. The average Bonchev–Trinajstić information content (AvgIpc) is 3.71. The smallest absolute Gasteiger partial charge is 0.272 e. The Bertz CT molecular complexity index is 2330.